The van der Waals surface area contributed by atoms with Crippen LogP contribution in [0.3, 0.4) is 0 Å². The Balaban J connectivity index is 0.000000107. The van der Waals surface area contributed by atoms with E-state index < -0.39 is 0 Å². The third kappa shape index (κ3) is 14.7. The van der Waals surface area contributed by atoms with Gasteiger partial charge in [-0.15, -0.1) is 0 Å². The Labute approximate surface area is 668 Å². The Morgan fingerprint density at radius 1 is 0.211 bits per heavy atom. The molecule has 20 rings (SSSR count). The zero-order valence-electron chi connectivity index (χ0n) is 66.6. The van der Waals surface area contributed by atoms with Gasteiger partial charge in [-0.2, -0.15) is 0 Å². The second-order valence-electron chi connectivity index (χ2n) is 30.8. The van der Waals surface area contributed by atoms with E-state index in [1.807, 2.05) is 36.4 Å². The standard InChI is InChI=1S/C25H24.C23H20.2C22H18.C20H12F2/c1-16(2)20-11-12-24(23-8-6-5-7-22(20)23)25-15-18(4)14-19-13-17(3)9-10-21(19)25;1-3-17-13-15-23(21-11-7-5-9-19(17)21)22-14-12-16(2)18-8-4-6-10-20(18)22;1-15-11-13-21(19-9-5-3-7-17(15)19)22-14-12-16(2)18-8-4-6-10-20(18)22;1-15-11-13-17-7-3-5-9-19(17)21(15)22-16(2)12-14-18-8-4-6-10-20(18)22;21-19-11-9-15(13-5-1-3-7-17(13)19)16-10-12-20(22)18-8-4-2-6-14(16)18/h5-16H,1-4H3;4-15H,3H2,1-2H3;2*3-14H,1-2H3;1-12H. The number of rotatable bonds is 7. The number of fused-ring (bicyclic) bond motifs is 10. The number of hydrogen-bond acceptors (Lipinski definition) is 0. The van der Waals surface area contributed by atoms with Crippen molar-refractivity contribution < 1.29 is 8.78 Å². The maximum Gasteiger partial charge on any atom is 0.131 e. The Bertz CT molecular complexity index is 6630. The molecule has 0 unspecified atom stereocenters. The van der Waals surface area contributed by atoms with E-state index in [0.717, 1.165) is 28.3 Å². The highest BCUT2D eigenvalue weighted by molar-refractivity contribution is 6.12. The van der Waals surface area contributed by atoms with Crippen LogP contribution in [0.25, 0.3) is 163 Å². The molecule has 0 heterocycles. The highest BCUT2D eigenvalue weighted by Crippen LogP contribution is 2.44. The van der Waals surface area contributed by atoms with E-state index in [-0.39, 0.29) is 11.6 Å². The summed E-state index contributed by atoms with van der Waals surface area (Å²) in [6, 6.07) is 125. The van der Waals surface area contributed by atoms with Crippen LogP contribution in [0, 0.1) is 60.1 Å². The molecule has 0 N–H and O–H groups in total. The van der Waals surface area contributed by atoms with Gasteiger partial charge >= 0.3 is 0 Å². The minimum atomic E-state index is -0.245. The minimum Gasteiger partial charge on any atom is -0.206 e. The average Bonchev–Trinajstić information content (AvgIpc) is 0.770. The molecule has 0 radical (unpaired) electrons. The summed E-state index contributed by atoms with van der Waals surface area (Å²) < 4.78 is 28.0. The predicted molar refractivity (Wildman–Crippen MR) is 491 cm³/mol. The first-order valence-electron chi connectivity index (χ1n) is 39.9. The van der Waals surface area contributed by atoms with Crippen LogP contribution in [-0.2, 0) is 6.42 Å². The van der Waals surface area contributed by atoms with E-state index in [4.69, 9.17) is 0 Å². The summed E-state index contributed by atoms with van der Waals surface area (Å²) in [7, 11) is 0. The first-order chi connectivity index (χ1) is 55.6. The molecule has 0 aromatic heterocycles. The zero-order chi connectivity index (χ0) is 78.7. The molecule has 554 valence electrons. The summed E-state index contributed by atoms with van der Waals surface area (Å²) in [4.78, 5) is 0. The van der Waals surface area contributed by atoms with Crippen molar-refractivity contribution in [1.29, 1.82) is 0 Å². The lowest BCUT2D eigenvalue weighted by Crippen LogP contribution is -1.92. The molecule has 0 atom stereocenters. The summed E-state index contributed by atoms with van der Waals surface area (Å²) >= 11 is 0. The average molecular weight is 1480 g/mol. The van der Waals surface area contributed by atoms with Crippen LogP contribution in [0.15, 0.2) is 358 Å². The lowest BCUT2D eigenvalue weighted by Gasteiger charge is -2.16. The molecular weight excluding hydrogens is 1380 g/mol. The van der Waals surface area contributed by atoms with Gasteiger partial charge in [0.15, 0.2) is 0 Å². The molecule has 0 saturated heterocycles. The van der Waals surface area contributed by atoms with Gasteiger partial charge in [0.25, 0.3) is 0 Å². The molecule has 0 spiro atoms. The SMILES string of the molecule is CCc1ccc(-c2ccc(C)c3ccccc23)c2ccccc12.Cc1ccc(-c2ccc(C)c3ccccc23)c2ccccc12.Cc1ccc2c(-c3ccc(C(C)C)c4ccccc34)cc(C)cc2c1.Cc1ccc2ccccc2c1-c1c(C)ccc2ccccc12.Fc1ccc(-c2ccc(F)c3ccccc23)c2ccccc12. The number of hydrogen-bond donors (Lipinski definition) is 0. The van der Waals surface area contributed by atoms with Crippen LogP contribution in [-0.4, -0.2) is 0 Å². The molecule has 0 nitrogen and oxygen atoms in total. The van der Waals surface area contributed by atoms with E-state index in [9.17, 15) is 8.78 Å². The smallest absolute Gasteiger partial charge is 0.131 e. The van der Waals surface area contributed by atoms with Crippen LogP contribution < -0.4 is 0 Å². The van der Waals surface area contributed by atoms with Crippen LogP contribution in [0.5, 0.6) is 0 Å². The van der Waals surface area contributed by atoms with Crippen molar-refractivity contribution in [3.8, 4) is 55.6 Å². The number of benzene rings is 20. The van der Waals surface area contributed by atoms with Gasteiger partial charge in [0.05, 0.1) is 0 Å². The van der Waals surface area contributed by atoms with Crippen molar-refractivity contribution in [3.05, 3.63) is 420 Å². The van der Waals surface area contributed by atoms with E-state index in [1.54, 1.807) is 24.3 Å². The largest absolute Gasteiger partial charge is 0.206 e. The van der Waals surface area contributed by atoms with Crippen molar-refractivity contribution in [2.75, 3.05) is 0 Å². The lowest BCUT2D eigenvalue weighted by molar-refractivity contribution is 0.639. The molecule has 20 aromatic rings. The summed E-state index contributed by atoms with van der Waals surface area (Å²) in [5, 5.41) is 24.2. The predicted octanol–water partition coefficient (Wildman–Crippen LogP) is 32.4. The highest BCUT2D eigenvalue weighted by Gasteiger charge is 2.19. The topological polar surface area (TPSA) is 0 Å². The molecule has 0 aliphatic rings. The summed E-state index contributed by atoms with van der Waals surface area (Å²) in [5.74, 6) is 0.0346. The summed E-state index contributed by atoms with van der Waals surface area (Å²) in [5.41, 5.74) is 24.6. The van der Waals surface area contributed by atoms with Gasteiger partial charge in [0.2, 0.25) is 0 Å². The number of aryl methyl sites for hydroxylation is 8. The fraction of sp³-hybridized carbons (Fsp3) is 0.107. The lowest BCUT2D eigenvalue weighted by atomic mass is 9.88. The van der Waals surface area contributed by atoms with Gasteiger partial charge in [-0.05, 0) is 270 Å². The van der Waals surface area contributed by atoms with Crippen LogP contribution >= 0.6 is 0 Å². The van der Waals surface area contributed by atoms with E-state index in [2.05, 4.69) is 354 Å². The molecule has 2 heteroatoms. The van der Waals surface area contributed by atoms with Crippen LogP contribution in [0.2, 0.25) is 0 Å². The molecule has 0 bridgehead atoms. The Hall–Kier alpha value is -13.1. The van der Waals surface area contributed by atoms with Crippen LogP contribution in [0.1, 0.15) is 76.8 Å². The fourth-order valence-corrected chi connectivity index (χ4v) is 17.3. The maximum atomic E-state index is 14.0. The van der Waals surface area contributed by atoms with E-state index in [0.29, 0.717) is 16.7 Å². The summed E-state index contributed by atoms with van der Waals surface area (Å²) in [6.45, 7) is 22.1. The molecule has 20 aromatic carbocycles. The zero-order valence-corrected chi connectivity index (χ0v) is 66.6. The van der Waals surface area contributed by atoms with E-state index >= 15 is 0 Å². The first kappa shape index (κ1) is 74.9. The van der Waals surface area contributed by atoms with Crippen molar-refractivity contribution in [1.82, 2.24) is 0 Å². The quantitative estimate of drug-likeness (QED) is 0.149. The van der Waals surface area contributed by atoms with Gasteiger partial charge in [-0.25, -0.2) is 8.78 Å². The second kappa shape index (κ2) is 32.7. The van der Waals surface area contributed by atoms with Crippen molar-refractivity contribution in [2.45, 2.75) is 81.6 Å². The number of halogens is 2. The molecule has 0 fully saturated rings. The Kier molecular flexibility index (Phi) is 21.5. The molecular formula is C112H92F2. The van der Waals surface area contributed by atoms with Crippen molar-refractivity contribution in [2.24, 2.45) is 0 Å². The third-order valence-corrected chi connectivity index (χ3v) is 23.1. The molecule has 114 heavy (non-hydrogen) atoms. The Morgan fingerprint density at radius 2 is 0.509 bits per heavy atom. The third-order valence-electron chi connectivity index (χ3n) is 23.1. The molecule has 0 saturated carbocycles. The monoisotopic (exact) mass is 1470 g/mol. The first-order valence-corrected chi connectivity index (χ1v) is 39.9. The summed E-state index contributed by atoms with van der Waals surface area (Å²) in [6.07, 6.45) is 1.06. The Morgan fingerprint density at radius 3 is 0.921 bits per heavy atom. The molecule has 0 amide bonds. The van der Waals surface area contributed by atoms with Gasteiger partial charge < -0.3 is 0 Å². The van der Waals surface area contributed by atoms with Crippen molar-refractivity contribution >= 4 is 108 Å². The van der Waals surface area contributed by atoms with Crippen LogP contribution in [0.4, 0.5) is 8.78 Å². The molecule has 0 aliphatic heterocycles. The van der Waals surface area contributed by atoms with Gasteiger partial charge in [-0.3, -0.25) is 0 Å². The highest BCUT2D eigenvalue weighted by atomic mass is 19.1. The fourth-order valence-electron chi connectivity index (χ4n) is 17.3. The van der Waals surface area contributed by atoms with E-state index in [1.165, 1.54) is 193 Å². The van der Waals surface area contributed by atoms with Gasteiger partial charge in [0, 0.05) is 10.8 Å². The van der Waals surface area contributed by atoms with Gasteiger partial charge in [0.1, 0.15) is 11.6 Å². The molecule has 0 aliphatic carbocycles. The normalized spacial score (nSPS) is 11.3. The van der Waals surface area contributed by atoms with Crippen molar-refractivity contribution in [3.63, 3.8) is 0 Å². The minimum absolute atomic E-state index is 0.245. The van der Waals surface area contributed by atoms with Gasteiger partial charge in [-0.1, -0.05) is 372 Å². The maximum absolute atomic E-state index is 14.0. The second-order valence-corrected chi connectivity index (χ2v) is 30.8.